The van der Waals surface area contributed by atoms with Crippen molar-refractivity contribution in [3.63, 3.8) is 0 Å². The summed E-state index contributed by atoms with van der Waals surface area (Å²) in [5.41, 5.74) is 0.694. The second-order valence-electron chi connectivity index (χ2n) is 6.36. The average Bonchev–Trinajstić information content (AvgIpc) is 2.82. The topological polar surface area (TPSA) is 48.4 Å². The summed E-state index contributed by atoms with van der Waals surface area (Å²) in [7, 11) is -1.35. The largest absolute Gasteiger partial charge is 0.496 e. The zero-order valence-corrected chi connectivity index (χ0v) is 14.1. The summed E-state index contributed by atoms with van der Waals surface area (Å²) in [4.78, 5) is 4.37. The van der Waals surface area contributed by atoms with Gasteiger partial charge in [0.05, 0.1) is 18.1 Å². The van der Waals surface area contributed by atoms with Gasteiger partial charge in [-0.3, -0.25) is 4.98 Å². The Bertz CT molecular complexity index is 737. The molecule has 22 heavy (non-hydrogen) atoms. The third-order valence-electron chi connectivity index (χ3n) is 4.02. The first-order chi connectivity index (χ1) is 10.4. The molecule has 1 aliphatic rings. The van der Waals surface area contributed by atoms with Crippen LogP contribution in [0.3, 0.4) is 0 Å². The van der Waals surface area contributed by atoms with Crippen LogP contribution in [0.15, 0.2) is 42.6 Å². The minimum absolute atomic E-state index is 0.463. The summed E-state index contributed by atoms with van der Waals surface area (Å²) in [5, 5.41) is 0.232. The summed E-state index contributed by atoms with van der Waals surface area (Å²) in [6, 6.07) is 11.1. The molecule has 3 rings (SSSR count). The zero-order valence-electron chi connectivity index (χ0n) is 13.2. The molecular weight excluding hydrogens is 297 g/mol. The first kappa shape index (κ1) is 15.1. The molecular formula is C17H20NO3P. The average molecular weight is 317 g/mol. The van der Waals surface area contributed by atoms with Crippen molar-refractivity contribution in [2.75, 3.05) is 7.11 Å². The number of methoxy groups -OCH3 is 1. The van der Waals surface area contributed by atoms with Gasteiger partial charge >= 0.3 is 0 Å². The minimum Gasteiger partial charge on any atom is -0.496 e. The maximum absolute atomic E-state index is 14.1. The monoisotopic (exact) mass is 317 g/mol. The van der Waals surface area contributed by atoms with Crippen LogP contribution in [0.5, 0.6) is 11.5 Å². The van der Waals surface area contributed by atoms with Crippen molar-refractivity contribution >= 4 is 12.4 Å². The van der Waals surface area contributed by atoms with E-state index in [0.717, 1.165) is 0 Å². The Morgan fingerprint density at radius 1 is 1.18 bits per heavy atom. The first-order valence-corrected chi connectivity index (χ1v) is 9.02. The van der Waals surface area contributed by atoms with E-state index < -0.39 is 18.1 Å². The van der Waals surface area contributed by atoms with Gasteiger partial charge in [-0.1, -0.05) is 32.9 Å². The zero-order chi connectivity index (χ0) is 16.0. The summed E-state index contributed by atoms with van der Waals surface area (Å²) in [6.07, 6.45) is 1.70. The van der Waals surface area contributed by atoms with Crippen LogP contribution in [0.2, 0.25) is 0 Å². The van der Waals surface area contributed by atoms with Gasteiger partial charge in [0.1, 0.15) is 11.5 Å². The van der Waals surface area contributed by atoms with Gasteiger partial charge in [-0.2, -0.15) is 0 Å². The maximum atomic E-state index is 14.1. The van der Waals surface area contributed by atoms with Gasteiger partial charge in [-0.25, -0.2) is 0 Å². The van der Waals surface area contributed by atoms with Gasteiger partial charge in [0, 0.05) is 11.4 Å². The molecule has 1 aliphatic heterocycles. The van der Waals surface area contributed by atoms with Crippen LogP contribution in [0, 0.1) is 0 Å². The second kappa shape index (κ2) is 5.13. The smallest absolute Gasteiger partial charge is 0.197 e. The Hall–Kier alpha value is -1.80. The highest BCUT2D eigenvalue weighted by Crippen LogP contribution is 2.72. The van der Waals surface area contributed by atoms with E-state index >= 15 is 0 Å². The molecule has 0 aliphatic carbocycles. The van der Waals surface area contributed by atoms with E-state index in [9.17, 15) is 4.57 Å². The van der Waals surface area contributed by atoms with E-state index in [0.29, 0.717) is 22.5 Å². The van der Waals surface area contributed by atoms with E-state index in [1.807, 2.05) is 57.2 Å². The van der Waals surface area contributed by atoms with E-state index in [2.05, 4.69) is 4.98 Å². The molecule has 0 fully saturated rings. The summed E-state index contributed by atoms with van der Waals surface area (Å²) < 4.78 is 25.7. The molecule has 1 aromatic heterocycles. The van der Waals surface area contributed by atoms with E-state index in [1.54, 1.807) is 13.3 Å². The van der Waals surface area contributed by atoms with Crippen LogP contribution >= 0.6 is 7.14 Å². The third-order valence-corrected chi connectivity index (χ3v) is 8.15. The maximum Gasteiger partial charge on any atom is 0.197 e. The molecule has 116 valence electrons. The fourth-order valence-electron chi connectivity index (χ4n) is 2.86. The van der Waals surface area contributed by atoms with Crippen LogP contribution in [0.25, 0.3) is 0 Å². The van der Waals surface area contributed by atoms with Crippen molar-refractivity contribution < 1.29 is 14.0 Å². The van der Waals surface area contributed by atoms with Crippen molar-refractivity contribution in [3.8, 4) is 11.5 Å². The number of fused-ring (bicyclic) bond motifs is 1. The molecule has 0 amide bonds. The SMILES string of the molecule is COc1cccc2c1P(=O)(C(C)(C)C)C(c1ccccn1)O2. The number of hydrogen-bond donors (Lipinski definition) is 0. The Balaban J connectivity index is 2.27. The predicted molar refractivity (Wildman–Crippen MR) is 87.6 cm³/mol. The van der Waals surface area contributed by atoms with E-state index in [4.69, 9.17) is 9.47 Å². The van der Waals surface area contributed by atoms with Gasteiger partial charge < -0.3 is 14.0 Å². The highest BCUT2D eigenvalue weighted by Gasteiger charge is 2.55. The fraction of sp³-hybridized carbons (Fsp3) is 0.353. The lowest BCUT2D eigenvalue weighted by atomic mass is 10.3. The van der Waals surface area contributed by atoms with E-state index in [1.165, 1.54) is 0 Å². The third kappa shape index (κ3) is 2.05. The van der Waals surface area contributed by atoms with Crippen molar-refractivity contribution in [2.24, 2.45) is 0 Å². The van der Waals surface area contributed by atoms with Gasteiger partial charge in [0.25, 0.3) is 0 Å². The molecule has 0 bridgehead atoms. The Morgan fingerprint density at radius 3 is 2.55 bits per heavy atom. The second-order valence-corrected chi connectivity index (χ2v) is 9.93. The molecule has 2 atom stereocenters. The quantitative estimate of drug-likeness (QED) is 0.786. The first-order valence-electron chi connectivity index (χ1n) is 7.24. The van der Waals surface area contributed by atoms with Gasteiger partial charge in [-0.15, -0.1) is 0 Å². The van der Waals surface area contributed by atoms with Gasteiger partial charge in [-0.05, 0) is 24.3 Å². The normalized spacial score (nSPS) is 23.7. The van der Waals surface area contributed by atoms with Crippen LogP contribution in [-0.2, 0) is 4.57 Å². The summed E-state index contributed by atoms with van der Waals surface area (Å²) in [5.74, 6) is 0.683. The highest BCUT2D eigenvalue weighted by atomic mass is 31.2. The molecule has 2 heterocycles. The van der Waals surface area contributed by atoms with Crippen molar-refractivity contribution in [2.45, 2.75) is 31.8 Å². The lowest BCUT2D eigenvalue weighted by Crippen LogP contribution is -2.25. The van der Waals surface area contributed by atoms with Crippen molar-refractivity contribution in [3.05, 3.63) is 48.3 Å². The number of rotatable bonds is 2. The number of ether oxygens (including phenoxy) is 2. The number of nitrogens with zero attached hydrogens (tertiary/aromatic N) is 1. The molecule has 0 saturated carbocycles. The lowest BCUT2D eigenvalue weighted by molar-refractivity contribution is 0.285. The summed E-state index contributed by atoms with van der Waals surface area (Å²) >= 11 is 0. The van der Waals surface area contributed by atoms with E-state index in [-0.39, 0.29) is 0 Å². The predicted octanol–water partition coefficient (Wildman–Crippen LogP) is 3.97. The molecule has 2 aromatic rings. The molecule has 5 heteroatoms. The Labute approximate surface area is 130 Å². The van der Waals surface area contributed by atoms with Crippen LogP contribution in [0.1, 0.15) is 32.3 Å². The molecule has 1 aromatic carbocycles. The number of benzene rings is 1. The highest BCUT2D eigenvalue weighted by molar-refractivity contribution is 7.74. The van der Waals surface area contributed by atoms with Crippen LogP contribution in [-0.4, -0.2) is 17.2 Å². The molecule has 0 radical (unpaired) electrons. The van der Waals surface area contributed by atoms with Crippen LogP contribution < -0.4 is 14.8 Å². The summed E-state index contributed by atoms with van der Waals surface area (Å²) in [6.45, 7) is 5.94. The minimum atomic E-state index is -2.94. The molecule has 0 saturated heterocycles. The number of aromatic nitrogens is 1. The molecule has 0 spiro atoms. The Kier molecular flexibility index (Phi) is 3.53. The fourth-order valence-corrected chi connectivity index (χ4v) is 6.20. The van der Waals surface area contributed by atoms with Gasteiger partial charge in [0.15, 0.2) is 13.0 Å². The number of pyridine rings is 1. The molecule has 0 N–H and O–H groups in total. The lowest BCUT2D eigenvalue weighted by Gasteiger charge is -2.31. The standard InChI is InChI=1S/C17H20NO3P/c1-17(2,3)22(19)15-13(20-4)9-7-10-14(15)21-16(22)12-8-5-6-11-18-12/h5-11,16H,1-4H3. The molecule has 2 unspecified atom stereocenters. The van der Waals surface area contributed by atoms with Gasteiger partial charge in [0.2, 0.25) is 0 Å². The number of hydrogen-bond acceptors (Lipinski definition) is 4. The Morgan fingerprint density at radius 2 is 1.95 bits per heavy atom. The molecule has 4 nitrogen and oxygen atoms in total. The van der Waals surface area contributed by atoms with Crippen molar-refractivity contribution in [1.29, 1.82) is 0 Å². The van der Waals surface area contributed by atoms with Crippen molar-refractivity contribution in [1.82, 2.24) is 4.98 Å². The van der Waals surface area contributed by atoms with Crippen LogP contribution in [0.4, 0.5) is 0 Å².